The Morgan fingerprint density at radius 3 is 2.43 bits per heavy atom. The highest BCUT2D eigenvalue weighted by Crippen LogP contribution is 2.32. The Morgan fingerprint density at radius 2 is 1.79 bits per heavy atom. The number of imide groups is 1. The first-order valence-corrected chi connectivity index (χ1v) is 9.28. The van der Waals surface area contributed by atoms with Crippen LogP contribution >= 0.6 is 11.8 Å². The van der Waals surface area contributed by atoms with E-state index in [-0.39, 0.29) is 18.1 Å². The zero-order valence-electron chi connectivity index (χ0n) is 14.7. The highest BCUT2D eigenvalue weighted by atomic mass is 32.2. The summed E-state index contributed by atoms with van der Waals surface area (Å²) in [5, 5.41) is 8.70. The number of hydrogen-bond acceptors (Lipinski definition) is 5. The normalized spacial score (nSPS) is 15.4. The summed E-state index contributed by atoms with van der Waals surface area (Å²) < 4.78 is 13.0. The van der Waals surface area contributed by atoms with Gasteiger partial charge in [-0.2, -0.15) is 0 Å². The minimum absolute atomic E-state index is 0.0461. The van der Waals surface area contributed by atoms with Crippen molar-refractivity contribution in [3.8, 4) is 0 Å². The molecule has 1 aliphatic heterocycles. The van der Waals surface area contributed by atoms with Gasteiger partial charge < -0.3 is 10.0 Å². The molecule has 1 saturated heterocycles. The number of aliphatic hydroxyl groups excluding tert-OH is 1. The van der Waals surface area contributed by atoms with Crippen molar-refractivity contribution in [1.29, 1.82) is 0 Å². The first-order chi connectivity index (χ1) is 13.5. The van der Waals surface area contributed by atoms with Crippen LogP contribution in [0.25, 0.3) is 6.08 Å². The van der Waals surface area contributed by atoms with Gasteiger partial charge in [0.25, 0.3) is 11.1 Å². The summed E-state index contributed by atoms with van der Waals surface area (Å²) >= 11 is 0.728. The molecule has 28 heavy (non-hydrogen) atoms. The average molecular weight is 400 g/mol. The highest BCUT2D eigenvalue weighted by molar-refractivity contribution is 8.18. The number of thioether (sulfide) groups is 1. The topological polar surface area (TPSA) is 77.9 Å². The van der Waals surface area contributed by atoms with Crippen molar-refractivity contribution in [2.75, 3.05) is 24.6 Å². The predicted molar refractivity (Wildman–Crippen MR) is 105 cm³/mol. The van der Waals surface area contributed by atoms with Crippen LogP contribution in [0, 0.1) is 5.82 Å². The summed E-state index contributed by atoms with van der Waals surface area (Å²) in [7, 11) is 0. The summed E-state index contributed by atoms with van der Waals surface area (Å²) in [5.74, 6) is -1.46. The number of nitrogens with zero attached hydrogens (tertiary/aromatic N) is 2. The van der Waals surface area contributed by atoms with Crippen molar-refractivity contribution in [2.24, 2.45) is 0 Å². The van der Waals surface area contributed by atoms with E-state index in [1.807, 2.05) is 0 Å². The molecule has 8 heteroatoms. The fourth-order valence-corrected chi connectivity index (χ4v) is 3.51. The molecule has 144 valence electrons. The van der Waals surface area contributed by atoms with E-state index < -0.39 is 29.4 Å². The molecule has 0 saturated carbocycles. The van der Waals surface area contributed by atoms with Crippen molar-refractivity contribution in [3.05, 3.63) is 70.9 Å². The van der Waals surface area contributed by atoms with Crippen LogP contribution in [0.1, 0.15) is 5.56 Å². The molecular formula is C20H17FN2O4S. The monoisotopic (exact) mass is 400 g/mol. The Hall–Kier alpha value is -2.97. The maximum Gasteiger partial charge on any atom is 0.294 e. The Bertz CT molecular complexity index is 916. The van der Waals surface area contributed by atoms with Crippen LogP contribution in [0.15, 0.2) is 59.5 Å². The summed E-state index contributed by atoms with van der Waals surface area (Å²) in [4.78, 5) is 39.8. The van der Waals surface area contributed by atoms with Gasteiger partial charge in [0.1, 0.15) is 12.4 Å². The smallest absolute Gasteiger partial charge is 0.294 e. The maximum absolute atomic E-state index is 13.0. The van der Waals surface area contributed by atoms with Gasteiger partial charge in [0.15, 0.2) is 0 Å². The number of benzene rings is 2. The lowest BCUT2D eigenvalue weighted by molar-refractivity contribution is -0.128. The van der Waals surface area contributed by atoms with Gasteiger partial charge in [-0.05, 0) is 47.7 Å². The van der Waals surface area contributed by atoms with Gasteiger partial charge in [-0.1, -0.05) is 30.3 Å². The fourth-order valence-electron chi connectivity index (χ4n) is 2.67. The lowest BCUT2D eigenvalue weighted by atomic mass is 10.2. The van der Waals surface area contributed by atoms with E-state index in [4.69, 9.17) is 0 Å². The van der Waals surface area contributed by atoms with Gasteiger partial charge in [-0.3, -0.25) is 19.3 Å². The number of rotatable bonds is 6. The second-order valence-electron chi connectivity index (χ2n) is 5.92. The summed E-state index contributed by atoms with van der Waals surface area (Å²) in [6, 6.07) is 14.2. The van der Waals surface area contributed by atoms with Gasteiger partial charge in [0, 0.05) is 12.2 Å². The molecule has 0 unspecified atom stereocenters. The van der Waals surface area contributed by atoms with Crippen molar-refractivity contribution >= 4 is 40.6 Å². The predicted octanol–water partition coefficient (Wildman–Crippen LogP) is 2.89. The van der Waals surface area contributed by atoms with E-state index in [1.54, 1.807) is 30.3 Å². The van der Waals surface area contributed by atoms with Crippen LogP contribution in [-0.4, -0.2) is 46.8 Å². The SMILES string of the molecule is O=C1S/C(=C\c2ccc(F)cc2)C(=O)N1CC(=O)N(CCO)c1ccccc1. The molecule has 3 rings (SSSR count). The molecule has 2 aromatic carbocycles. The third-order valence-electron chi connectivity index (χ3n) is 4.03. The lowest BCUT2D eigenvalue weighted by Gasteiger charge is -2.23. The molecule has 0 radical (unpaired) electrons. The molecule has 1 fully saturated rings. The van der Waals surface area contributed by atoms with Crippen molar-refractivity contribution in [2.45, 2.75) is 0 Å². The highest BCUT2D eigenvalue weighted by Gasteiger charge is 2.37. The standard InChI is InChI=1S/C20H17FN2O4S/c21-15-8-6-14(7-9-15)12-17-19(26)23(20(27)28-17)13-18(25)22(10-11-24)16-4-2-1-3-5-16/h1-9,12,24H,10-11,13H2/b17-12-. The zero-order valence-corrected chi connectivity index (χ0v) is 15.6. The van der Waals surface area contributed by atoms with Crippen LogP contribution < -0.4 is 4.90 Å². The van der Waals surface area contributed by atoms with E-state index in [2.05, 4.69) is 0 Å². The summed E-state index contributed by atoms with van der Waals surface area (Å²) in [6.45, 7) is -0.641. The number of anilines is 1. The van der Waals surface area contributed by atoms with E-state index in [9.17, 15) is 23.9 Å². The first-order valence-electron chi connectivity index (χ1n) is 8.47. The van der Waals surface area contributed by atoms with Gasteiger partial charge in [-0.15, -0.1) is 0 Å². The van der Waals surface area contributed by atoms with E-state index in [0.29, 0.717) is 11.3 Å². The number of carbonyl (C=O) groups is 3. The van der Waals surface area contributed by atoms with Crippen molar-refractivity contribution in [1.82, 2.24) is 4.90 Å². The van der Waals surface area contributed by atoms with Crippen molar-refractivity contribution in [3.63, 3.8) is 0 Å². The van der Waals surface area contributed by atoms with Gasteiger partial charge in [0.05, 0.1) is 11.5 Å². The molecule has 0 aliphatic carbocycles. The molecule has 0 bridgehead atoms. The van der Waals surface area contributed by atoms with Crippen LogP contribution in [0.3, 0.4) is 0 Å². The number of carbonyl (C=O) groups excluding carboxylic acids is 3. The summed E-state index contributed by atoms with van der Waals surface area (Å²) in [5.41, 5.74) is 1.14. The Kier molecular flexibility index (Phi) is 6.23. The van der Waals surface area contributed by atoms with Crippen molar-refractivity contribution < 1.29 is 23.9 Å². The first kappa shape index (κ1) is 19.8. The largest absolute Gasteiger partial charge is 0.395 e. The van der Waals surface area contributed by atoms with Crippen LogP contribution in [0.4, 0.5) is 14.9 Å². The quantitative estimate of drug-likeness (QED) is 0.755. The molecule has 1 N–H and O–H groups in total. The maximum atomic E-state index is 13.0. The Labute approximate surface area is 165 Å². The molecule has 1 heterocycles. The van der Waals surface area contributed by atoms with E-state index in [0.717, 1.165) is 16.7 Å². The number of amides is 3. The van der Waals surface area contributed by atoms with Crippen LogP contribution in [-0.2, 0) is 9.59 Å². The number of para-hydroxylation sites is 1. The molecule has 6 nitrogen and oxygen atoms in total. The lowest BCUT2D eigenvalue weighted by Crippen LogP contribution is -2.43. The third kappa shape index (κ3) is 4.47. The van der Waals surface area contributed by atoms with Gasteiger partial charge >= 0.3 is 0 Å². The van der Waals surface area contributed by atoms with Gasteiger partial charge in [0.2, 0.25) is 5.91 Å². The second-order valence-corrected chi connectivity index (χ2v) is 6.92. The van der Waals surface area contributed by atoms with Gasteiger partial charge in [-0.25, -0.2) is 4.39 Å². The molecular weight excluding hydrogens is 383 g/mol. The number of hydrogen-bond donors (Lipinski definition) is 1. The number of aliphatic hydroxyl groups is 1. The fraction of sp³-hybridized carbons (Fsp3) is 0.150. The molecule has 0 spiro atoms. The average Bonchev–Trinajstić information content (AvgIpc) is 2.96. The van der Waals surface area contributed by atoms with E-state index >= 15 is 0 Å². The number of halogens is 1. The zero-order chi connectivity index (χ0) is 20.1. The molecule has 2 aromatic rings. The van der Waals surface area contributed by atoms with Crippen LogP contribution in [0.5, 0.6) is 0 Å². The Balaban J connectivity index is 1.76. The van der Waals surface area contributed by atoms with Crippen LogP contribution in [0.2, 0.25) is 0 Å². The molecule has 0 aromatic heterocycles. The minimum Gasteiger partial charge on any atom is -0.395 e. The minimum atomic E-state index is -0.579. The van der Waals surface area contributed by atoms with E-state index in [1.165, 1.54) is 35.2 Å². The molecule has 1 aliphatic rings. The third-order valence-corrected chi connectivity index (χ3v) is 4.93. The second kappa shape index (κ2) is 8.81. The molecule has 3 amide bonds. The Morgan fingerprint density at radius 1 is 1.11 bits per heavy atom. The molecule has 0 atom stereocenters. The summed E-state index contributed by atoms with van der Waals surface area (Å²) in [6.07, 6.45) is 1.48.